The largest absolute Gasteiger partial charge is 0.378 e. The highest BCUT2D eigenvalue weighted by Crippen LogP contribution is 2.18. The summed E-state index contributed by atoms with van der Waals surface area (Å²) >= 11 is 0. The Morgan fingerprint density at radius 3 is 2.85 bits per heavy atom. The van der Waals surface area contributed by atoms with Gasteiger partial charge in [0.25, 0.3) is 0 Å². The van der Waals surface area contributed by atoms with E-state index < -0.39 is 0 Å². The highest BCUT2D eigenvalue weighted by molar-refractivity contribution is 5.90. The van der Waals surface area contributed by atoms with Gasteiger partial charge in [0.15, 0.2) is 5.82 Å². The van der Waals surface area contributed by atoms with Crippen molar-refractivity contribution in [1.82, 2.24) is 15.5 Å². The van der Waals surface area contributed by atoms with E-state index in [1.54, 1.807) is 6.20 Å². The van der Waals surface area contributed by atoms with Gasteiger partial charge in [0.05, 0.1) is 25.1 Å². The highest BCUT2D eigenvalue weighted by atomic mass is 16.5. The Morgan fingerprint density at radius 1 is 1.22 bits per heavy atom. The van der Waals surface area contributed by atoms with Gasteiger partial charge in [-0.25, -0.2) is 4.79 Å². The van der Waals surface area contributed by atoms with Gasteiger partial charge in [-0.15, -0.1) is 5.10 Å². The maximum Gasteiger partial charge on any atom is 0.319 e. The molecule has 0 saturated carbocycles. The van der Waals surface area contributed by atoms with Crippen molar-refractivity contribution in [2.45, 2.75) is 13.8 Å². The molecule has 3 N–H and O–H groups in total. The van der Waals surface area contributed by atoms with E-state index in [1.807, 2.05) is 38.1 Å². The topological polar surface area (TPSA) is 91.4 Å². The van der Waals surface area contributed by atoms with Crippen LogP contribution in [0.4, 0.5) is 22.0 Å². The molecule has 0 aliphatic carbocycles. The van der Waals surface area contributed by atoms with E-state index in [1.165, 1.54) is 0 Å². The van der Waals surface area contributed by atoms with E-state index in [0.29, 0.717) is 18.9 Å². The van der Waals surface area contributed by atoms with Crippen LogP contribution in [-0.2, 0) is 4.74 Å². The molecule has 1 aromatic carbocycles. The Hall–Kier alpha value is -2.87. The van der Waals surface area contributed by atoms with Crippen LogP contribution in [-0.4, -0.2) is 55.6 Å². The van der Waals surface area contributed by atoms with Crippen LogP contribution in [0.5, 0.6) is 0 Å². The van der Waals surface area contributed by atoms with Gasteiger partial charge >= 0.3 is 6.03 Å². The Labute approximate surface area is 159 Å². The van der Waals surface area contributed by atoms with Gasteiger partial charge in [-0.2, -0.15) is 5.10 Å². The van der Waals surface area contributed by atoms with Crippen LogP contribution in [0.2, 0.25) is 0 Å². The van der Waals surface area contributed by atoms with E-state index >= 15 is 0 Å². The summed E-state index contributed by atoms with van der Waals surface area (Å²) in [5, 5.41) is 17.1. The fourth-order valence-corrected chi connectivity index (χ4v) is 2.86. The summed E-state index contributed by atoms with van der Waals surface area (Å²) in [4.78, 5) is 14.3. The second-order valence-corrected chi connectivity index (χ2v) is 6.45. The fourth-order valence-electron chi connectivity index (χ4n) is 2.86. The number of urea groups is 1. The minimum atomic E-state index is -0.223. The molecule has 2 aromatic rings. The molecule has 27 heavy (non-hydrogen) atoms. The van der Waals surface area contributed by atoms with E-state index in [9.17, 15) is 4.79 Å². The molecule has 0 spiro atoms. The maximum absolute atomic E-state index is 12.1. The molecule has 0 radical (unpaired) electrons. The van der Waals surface area contributed by atoms with Crippen LogP contribution >= 0.6 is 0 Å². The predicted molar refractivity (Wildman–Crippen MR) is 106 cm³/mol. The molecular formula is C19H26N6O2. The molecule has 2 heterocycles. The first-order valence-corrected chi connectivity index (χ1v) is 9.14. The number of benzene rings is 1. The number of nitrogens with zero attached hydrogens (tertiary/aromatic N) is 3. The van der Waals surface area contributed by atoms with Crippen LogP contribution in [0, 0.1) is 13.8 Å². The van der Waals surface area contributed by atoms with E-state index in [2.05, 4.69) is 31.0 Å². The lowest BCUT2D eigenvalue weighted by Gasteiger charge is -2.28. The molecule has 2 amide bonds. The average molecular weight is 370 g/mol. The van der Waals surface area contributed by atoms with Crippen molar-refractivity contribution < 1.29 is 9.53 Å². The number of aromatic nitrogens is 2. The summed E-state index contributed by atoms with van der Waals surface area (Å²) < 4.78 is 5.37. The number of aryl methyl sites for hydroxylation is 1. The van der Waals surface area contributed by atoms with Crippen LogP contribution in [0.15, 0.2) is 30.5 Å². The second-order valence-electron chi connectivity index (χ2n) is 6.45. The van der Waals surface area contributed by atoms with Gasteiger partial charge in [-0.1, -0.05) is 12.1 Å². The number of morpholine rings is 1. The van der Waals surface area contributed by atoms with Gasteiger partial charge in [0.2, 0.25) is 0 Å². The minimum absolute atomic E-state index is 0.223. The third-order valence-corrected chi connectivity index (χ3v) is 4.59. The number of hydrogen-bond donors (Lipinski definition) is 3. The lowest BCUT2D eigenvalue weighted by Crippen LogP contribution is -2.36. The summed E-state index contributed by atoms with van der Waals surface area (Å²) in [6, 6.07) is 7.59. The molecule has 8 heteroatoms. The number of rotatable bonds is 6. The Kier molecular flexibility index (Phi) is 6.43. The smallest absolute Gasteiger partial charge is 0.319 e. The van der Waals surface area contributed by atoms with Gasteiger partial charge in [0, 0.05) is 37.9 Å². The summed E-state index contributed by atoms with van der Waals surface area (Å²) in [6.45, 7) is 8.20. The van der Waals surface area contributed by atoms with Crippen molar-refractivity contribution in [3.05, 3.63) is 41.6 Å². The fraction of sp³-hybridized carbons (Fsp3) is 0.421. The quantitative estimate of drug-likeness (QED) is 0.675. The number of carbonyl (C=O) groups is 1. The standard InChI is InChI=1S/C19H26N6O2/c1-14-4-3-5-17(15(14)2)23-19(26)21-7-6-20-18-12-16(13-22-24-18)25-8-10-27-11-9-25/h3-5,12-13H,6-11H2,1-2H3,(H,20,24)(H2,21,23,26). The monoisotopic (exact) mass is 370 g/mol. The number of amides is 2. The number of carbonyl (C=O) groups excluding carboxylic acids is 1. The molecule has 0 unspecified atom stereocenters. The molecule has 1 saturated heterocycles. The summed E-state index contributed by atoms with van der Waals surface area (Å²) in [5.41, 5.74) is 4.06. The second kappa shape index (κ2) is 9.18. The van der Waals surface area contributed by atoms with Gasteiger partial charge in [-0.05, 0) is 31.0 Å². The molecule has 0 atom stereocenters. The summed E-state index contributed by atoms with van der Waals surface area (Å²) in [5.74, 6) is 0.690. The highest BCUT2D eigenvalue weighted by Gasteiger charge is 2.12. The average Bonchev–Trinajstić information content (AvgIpc) is 2.70. The summed E-state index contributed by atoms with van der Waals surface area (Å²) in [6.07, 6.45) is 1.76. The van der Waals surface area contributed by atoms with Crippen LogP contribution < -0.4 is 20.9 Å². The van der Waals surface area contributed by atoms with Crippen LogP contribution in [0.1, 0.15) is 11.1 Å². The van der Waals surface area contributed by atoms with Gasteiger partial charge in [-0.3, -0.25) is 0 Å². The zero-order chi connectivity index (χ0) is 19.1. The molecule has 144 valence electrons. The van der Waals surface area contributed by atoms with E-state index in [-0.39, 0.29) is 6.03 Å². The van der Waals surface area contributed by atoms with Crippen LogP contribution in [0.3, 0.4) is 0 Å². The lowest BCUT2D eigenvalue weighted by molar-refractivity contribution is 0.122. The first-order chi connectivity index (χ1) is 13.1. The van der Waals surface area contributed by atoms with Crippen LogP contribution in [0.25, 0.3) is 0 Å². The molecule has 1 fully saturated rings. The maximum atomic E-state index is 12.1. The van der Waals surface area contributed by atoms with Crippen molar-refractivity contribution in [2.24, 2.45) is 0 Å². The zero-order valence-corrected chi connectivity index (χ0v) is 15.8. The summed E-state index contributed by atoms with van der Waals surface area (Å²) in [7, 11) is 0. The molecule has 8 nitrogen and oxygen atoms in total. The molecule has 1 aromatic heterocycles. The normalized spacial score (nSPS) is 13.9. The Bertz CT molecular complexity index is 777. The van der Waals surface area contributed by atoms with E-state index in [4.69, 9.17) is 4.74 Å². The number of ether oxygens (including phenoxy) is 1. The van der Waals surface area contributed by atoms with Crippen molar-refractivity contribution in [3.63, 3.8) is 0 Å². The van der Waals surface area contributed by atoms with Gasteiger partial charge < -0.3 is 25.6 Å². The number of nitrogens with one attached hydrogen (secondary N) is 3. The molecular weight excluding hydrogens is 344 g/mol. The number of anilines is 3. The Morgan fingerprint density at radius 2 is 2.04 bits per heavy atom. The lowest BCUT2D eigenvalue weighted by atomic mass is 10.1. The van der Waals surface area contributed by atoms with Crippen molar-refractivity contribution in [1.29, 1.82) is 0 Å². The molecule has 1 aliphatic rings. The van der Waals surface area contributed by atoms with Crippen molar-refractivity contribution in [3.8, 4) is 0 Å². The predicted octanol–water partition coefficient (Wildman–Crippen LogP) is 2.16. The third kappa shape index (κ3) is 5.30. The van der Waals surface area contributed by atoms with Gasteiger partial charge in [0.1, 0.15) is 0 Å². The molecule has 1 aliphatic heterocycles. The van der Waals surface area contributed by atoms with E-state index in [0.717, 1.165) is 48.8 Å². The minimum Gasteiger partial charge on any atom is -0.378 e. The molecule has 3 rings (SSSR count). The first-order valence-electron chi connectivity index (χ1n) is 9.14. The number of hydrogen-bond acceptors (Lipinski definition) is 6. The third-order valence-electron chi connectivity index (χ3n) is 4.59. The Balaban J connectivity index is 1.43. The van der Waals surface area contributed by atoms with Crippen molar-refractivity contribution >= 4 is 23.2 Å². The SMILES string of the molecule is Cc1cccc(NC(=O)NCCNc2cc(N3CCOCC3)cnn2)c1C. The first kappa shape index (κ1) is 18.9. The van der Waals surface area contributed by atoms with Crippen molar-refractivity contribution in [2.75, 3.05) is 54.9 Å². The zero-order valence-electron chi connectivity index (χ0n) is 15.8. The molecule has 0 bridgehead atoms.